The van der Waals surface area contributed by atoms with Crippen LogP contribution in [0.2, 0.25) is 10.0 Å². The van der Waals surface area contributed by atoms with Gasteiger partial charge in [0.05, 0.1) is 11.3 Å². The zero-order valence-electron chi connectivity index (χ0n) is 13.7. The first kappa shape index (κ1) is 20.3. The van der Waals surface area contributed by atoms with Crippen LogP contribution in [0.15, 0.2) is 15.3 Å². The van der Waals surface area contributed by atoms with Crippen molar-refractivity contribution in [3.63, 3.8) is 0 Å². The number of aliphatic hydroxyl groups is 3. The van der Waals surface area contributed by atoms with E-state index in [2.05, 4.69) is 5.32 Å². The smallest absolute Gasteiger partial charge is 0.396 e. The molecule has 4 N–H and O–H groups in total. The second kappa shape index (κ2) is 7.92. The van der Waals surface area contributed by atoms with Crippen LogP contribution in [0.25, 0.3) is 10.3 Å². The molecule has 12 heteroatoms. The first-order chi connectivity index (χ1) is 12.7. The second-order valence-corrected chi connectivity index (χ2v) is 7.57. The number of hydrogen-bond donors (Lipinski definition) is 4. The van der Waals surface area contributed by atoms with Crippen LogP contribution in [0.3, 0.4) is 0 Å². The third-order valence-electron chi connectivity index (χ3n) is 3.97. The summed E-state index contributed by atoms with van der Waals surface area (Å²) in [7, 11) is 0. The number of rotatable bonds is 4. The molecule has 148 valence electrons. The topological polar surface area (TPSA) is 138 Å². The molecule has 0 aliphatic carbocycles. The van der Waals surface area contributed by atoms with Crippen molar-refractivity contribution in [3.05, 3.63) is 25.8 Å². The molecule has 0 spiro atoms. The largest absolute Gasteiger partial charge is 0.461 e. The predicted molar refractivity (Wildman–Crippen MR) is 96.4 cm³/mol. The fraction of sp³-hybridized carbons (Fsp3) is 0.467. The number of halogens is 2. The molecule has 1 amide bonds. The standard InChI is InChI=1S/C15H15Cl2NO8S/c1-4(20)18-10-12(22)11(21)6(3-19)25-14(10)24-5-2-7-13(9(17)8(5)16)26-15(23)27-7/h2,6,10-12,14,19,21-22H,3H2,1H3,(H,18,20)/t6-,10+,11+,12+,14+/m1/s1. The monoisotopic (exact) mass is 439 g/mol. The van der Waals surface area contributed by atoms with Crippen LogP contribution >= 0.6 is 34.5 Å². The maximum Gasteiger partial charge on any atom is 0.396 e. The van der Waals surface area contributed by atoms with Gasteiger partial charge in [0.25, 0.3) is 0 Å². The van der Waals surface area contributed by atoms with Gasteiger partial charge in [0, 0.05) is 13.0 Å². The van der Waals surface area contributed by atoms with Gasteiger partial charge in [-0.3, -0.25) is 4.79 Å². The minimum Gasteiger partial charge on any atom is -0.461 e. The van der Waals surface area contributed by atoms with Crippen molar-refractivity contribution < 1.29 is 34.0 Å². The van der Waals surface area contributed by atoms with E-state index in [1.807, 2.05) is 0 Å². The van der Waals surface area contributed by atoms with Crippen molar-refractivity contribution in [3.8, 4) is 5.75 Å². The maximum atomic E-state index is 11.5. The molecule has 0 radical (unpaired) electrons. The molecule has 1 aromatic heterocycles. The SMILES string of the molecule is CC(=O)N[C@@H]1[C@@H](Oc2cc3sc(=O)oc3c(Cl)c2Cl)O[C@H](CO)[C@H](O)[C@H]1O. The minimum atomic E-state index is -1.48. The Morgan fingerprint density at radius 3 is 2.67 bits per heavy atom. The number of ether oxygens (including phenoxy) is 2. The van der Waals surface area contributed by atoms with Gasteiger partial charge in [0.15, 0.2) is 5.58 Å². The van der Waals surface area contributed by atoms with Gasteiger partial charge >= 0.3 is 4.94 Å². The van der Waals surface area contributed by atoms with Crippen molar-refractivity contribution >= 4 is 50.7 Å². The molecule has 2 aromatic rings. The van der Waals surface area contributed by atoms with Gasteiger partial charge in [-0.15, -0.1) is 0 Å². The summed E-state index contributed by atoms with van der Waals surface area (Å²) in [6, 6.07) is 0.243. The Hall–Kier alpha value is -1.40. The van der Waals surface area contributed by atoms with E-state index in [0.717, 1.165) is 11.3 Å². The minimum absolute atomic E-state index is 0.00634. The number of hydrogen-bond acceptors (Lipinski definition) is 9. The molecule has 1 aliphatic heterocycles. The van der Waals surface area contributed by atoms with Gasteiger partial charge in [-0.2, -0.15) is 0 Å². The van der Waals surface area contributed by atoms with Gasteiger partial charge in [-0.25, -0.2) is 4.79 Å². The first-order valence-electron chi connectivity index (χ1n) is 7.70. The van der Waals surface area contributed by atoms with Crippen LogP contribution in [-0.2, 0) is 9.53 Å². The highest BCUT2D eigenvalue weighted by atomic mass is 35.5. The quantitative estimate of drug-likeness (QED) is 0.539. The average Bonchev–Trinajstić information content (AvgIpc) is 2.99. The molecule has 0 bridgehead atoms. The third kappa shape index (κ3) is 3.92. The normalized spacial score (nSPS) is 28.3. The Balaban J connectivity index is 1.97. The molecule has 1 aliphatic rings. The summed E-state index contributed by atoms with van der Waals surface area (Å²) in [5, 5.41) is 32.0. The number of nitrogens with one attached hydrogen (secondary N) is 1. The number of carbonyl (C=O) groups is 1. The molecule has 1 fully saturated rings. The number of fused-ring (bicyclic) bond motifs is 1. The summed E-state index contributed by atoms with van der Waals surface area (Å²) in [5.41, 5.74) is 0.107. The van der Waals surface area contributed by atoms with Crippen molar-refractivity contribution in [2.75, 3.05) is 6.61 Å². The molecule has 5 atom stereocenters. The molecule has 27 heavy (non-hydrogen) atoms. The van der Waals surface area contributed by atoms with E-state index >= 15 is 0 Å². The highest BCUT2D eigenvalue weighted by Gasteiger charge is 2.46. The lowest BCUT2D eigenvalue weighted by atomic mass is 9.97. The Labute approximate surface area is 166 Å². The van der Waals surface area contributed by atoms with Gasteiger partial charge in [-0.05, 0) is 0 Å². The van der Waals surface area contributed by atoms with Crippen molar-refractivity contribution in [2.24, 2.45) is 0 Å². The van der Waals surface area contributed by atoms with Crippen molar-refractivity contribution in [1.82, 2.24) is 5.32 Å². The molecule has 1 aromatic carbocycles. The lowest BCUT2D eigenvalue weighted by molar-refractivity contribution is -0.244. The van der Waals surface area contributed by atoms with E-state index in [1.54, 1.807) is 0 Å². The van der Waals surface area contributed by atoms with Crippen LogP contribution in [0.5, 0.6) is 5.75 Å². The van der Waals surface area contributed by atoms with Gasteiger partial charge < -0.3 is 34.5 Å². The molecule has 1 saturated heterocycles. The molecule has 3 rings (SSSR count). The summed E-state index contributed by atoms with van der Waals surface area (Å²) < 4.78 is 16.5. The van der Waals surface area contributed by atoms with Crippen LogP contribution in [0.4, 0.5) is 0 Å². The third-order valence-corrected chi connectivity index (χ3v) is 5.57. The fourth-order valence-corrected chi connectivity index (χ4v) is 3.89. The Morgan fingerprint density at radius 1 is 1.33 bits per heavy atom. The zero-order chi connectivity index (χ0) is 19.9. The zero-order valence-corrected chi connectivity index (χ0v) is 16.0. The summed E-state index contributed by atoms with van der Waals surface area (Å²) in [4.78, 5) is 22.3. The van der Waals surface area contributed by atoms with Crippen LogP contribution < -0.4 is 15.0 Å². The summed E-state index contributed by atoms with van der Waals surface area (Å²) in [6.07, 6.45) is -5.39. The van der Waals surface area contributed by atoms with E-state index < -0.39 is 48.1 Å². The van der Waals surface area contributed by atoms with Crippen molar-refractivity contribution in [1.29, 1.82) is 0 Å². The van der Waals surface area contributed by atoms with E-state index in [9.17, 15) is 24.9 Å². The number of benzene rings is 1. The van der Waals surface area contributed by atoms with Crippen LogP contribution in [0.1, 0.15) is 6.92 Å². The molecular formula is C15H15Cl2NO8S. The second-order valence-electron chi connectivity index (χ2n) is 5.83. The Morgan fingerprint density at radius 2 is 2.04 bits per heavy atom. The predicted octanol–water partition coefficient (Wildman–Crippen LogP) is 0.484. The molecule has 9 nitrogen and oxygen atoms in total. The first-order valence-corrected chi connectivity index (χ1v) is 9.28. The van der Waals surface area contributed by atoms with E-state index in [-0.39, 0.29) is 21.4 Å². The van der Waals surface area contributed by atoms with Crippen LogP contribution in [0, 0.1) is 0 Å². The summed E-state index contributed by atoms with van der Waals surface area (Å²) in [6.45, 7) is 0.620. The Bertz CT molecular complexity index is 915. The van der Waals surface area contributed by atoms with Gasteiger partial charge in [0.2, 0.25) is 12.2 Å². The summed E-state index contributed by atoms with van der Waals surface area (Å²) >= 11 is 13.1. The van der Waals surface area contributed by atoms with Gasteiger partial charge in [0.1, 0.15) is 40.1 Å². The van der Waals surface area contributed by atoms with Crippen LogP contribution in [-0.4, -0.2) is 58.5 Å². The fourth-order valence-electron chi connectivity index (χ4n) is 2.71. The van der Waals surface area contributed by atoms with Gasteiger partial charge in [-0.1, -0.05) is 34.5 Å². The number of aliphatic hydroxyl groups excluding tert-OH is 3. The lowest BCUT2D eigenvalue weighted by Crippen LogP contribution is -2.65. The molecule has 2 heterocycles. The molecular weight excluding hydrogens is 425 g/mol. The van der Waals surface area contributed by atoms with E-state index in [1.165, 1.54) is 13.0 Å². The van der Waals surface area contributed by atoms with E-state index in [0.29, 0.717) is 4.70 Å². The summed E-state index contributed by atoms with van der Waals surface area (Å²) in [5.74, 6) is -0.495. The number of amides is 1. The highest BCUT2D eigenvalue weighted by Crippen LogP contribution is 2.40. The molecule has 0 saturated carbocycles. The number of carbonyl (C=O) groups excluding carboxylic acids is 1. The van der Waals surface area contributed by atoms with Crippen molar-refractivity contribution in [2.45, 2.75) is 37.6 Å². The highest BCUT2D eigenvalue weighted by molar-refractivity contribution is 7.16. The lowest BCUT2D eigenvalue weighted by Gasteiger charge is -2.42. The maximum absolute atomic E-state index is 11.5. The average molecular weight is 440 g/mol. The molecule has 0 unspecified atom stereocenters. The Kier molecular flexibility index (Phi) is 5.96. The van der Waals surface area contributed by atoms with E-state index in [4.69, 9.17) is 37.1 Å².